The molecule has 4 aromatic rings. The Labute approximate surface area is 355 Å². The topological polar surface area (TPSA) is 0 Å². The fourth-order valence-corrected chi connectivity index (χ4v) is 10.8. The standard InChI is InChI=1S/C58H74/c1-6-11-15-19-25-39-57(40-26-20-16-12-7-2)53-30-24-23-29-49(53)50-37-34-47(44-55(50)57)31-32-48-35-38-52-51-36-33-46(10-5)43-54(51)58(56(52)45-48,41-27-21-17-13-8-3)42-28-22-18-14-9-4/h5,23-24,29-30,33-38,43-45H,6-9,11-22,25-28,39-42H2,1-4H3. The number of hydrogen-bond donors (Lipinski definition) is 0. The lowest BCUT2D eigenvalue weighted by Crippen LogP contribution is -2.26. The summed E-state index contributed by atoms with van der Waals surface area (Å²) in [5, 5.41) is 0. The SMILES string of the molecule is C#Cc1ccc2c(c1)C(CCCCCCC)(CCCCCCC)c1cc(C#Cc3ccc4c(c3)C(CCCCCCC)(CCCCCCC)c3ccccc3-4)ccc1-2. The number of unbranched alkanes of at least 4 members (excludes halogenated alkanes) is 16. The Balaban J connectivity index is 1.36. The number of rotatable bonds is 24. The largest absolute Gasteiger partial charge is 0.115 e. The van der Waals surface area contributed by atoms with Crippen molar-refractivity contribution in [1.82, 2.24) is 0 Å². The lowest BCUT2D eigenvalue weighted by atomic mass is 9.70. The first-order valence-corrected chi connectivity index (χ1v) is 24.1. The fraction of sp³-hybridized carbons (Fsp3) is 0.517. The summed E-state index contributed by atoms with van der Waals surface area (Å²) in [6.45, 7) is 9.27. The monoisotopic (exact) mass is 771 g/mol. The van der Waals surface area contributed by atoms with E-state index >= 15 is 0 Å². The molecule has 0 aliphatic heterocycles. The minimum Gasteiger partial charge on any atom is -0.115 e. The van der Waals surface area contributed by atoms with E-state index in [1.165, 1.54) is 193 Å². The van der Waals surface area contributed by atoms with Crippen LogP contribution in [0.4, 0.5) is 0 Å². The predicted molar refractivity (Wildman–Crippen MR) is 253 cm³/mol. The van der Waals surface area contributed by atoms with Crippen LogP contribution in [0, 0.1) is 24.2 Å². The van der Waals surface area contributed by atoms with E-state index in [1.807, 2.05) is 0 Å². The van der Waals surface area contributed by atoms with Crippen molar-refractivity contribution in [1.29, 1.82) is 0 Å². The van der Waals surface area contributed by atoms with Gasteiger partial charge in [-0.05, 0) is 107 Å². The van der Waals surface area contributed by atoms with E-state index in [0.29, 0.717) is 0 Å². The van der Waals surface area contributed by atoms with E-state index < -0.39 is 0 Å². The van der Waals surface area contributed by atoms with Gasteiger partial charge in [0.05, 0.1) is 0 Å². The van der Waals surface area contributed by atoms with E-state index in [4.69, 9.17) is 6.42 Å². The van der Waals surface area contributed by atoms with Crippen LogP contribution >= 0.6 is 0 Å². The van der Waals surface area contributed by atoms with Gasteiger partial charge in [0.25, 0.3) is 0 Å². The summed E-state index contributed by atoms with van der Waals surface area (Å²) in [4.78, 5) is 0. The normalized spacial score (nSPS) is 13.9. The van der Waals surface area contributed by atoms with Crippen molar-refractivity contribution >= 4 is 0 Å². The van der Waals surface area contributed by atoms with Gasteiger partial charge in [-0.25, -0.2) is 0 Å². The summed E-state index contributed by atoms with van der Waals surface area (Å²) < 4.78 is 0. The maximum absolute atomic E-state index is 6.06. The van der Waals surface area contributed by atoms with Gasteiger partial charge in [-0.15, -0.1) is 6.42 Å². The number of terminal acetylenes is 1. The summed E-state index contributed by atoms with van der Waals surface area (Å²) in [6, 6.07) is 30.5. The molecule has 0 bridgehead atoms. The second-order valence-corrected chi connectivity index (χ2v) is 18.0. The van der Waals surface area contributed by atoms with Crippen molar-refractivity contribution in [3.63, 3.8) is 0 Å². The molecule has 0 saturated carbocycles. The Kier molecular flexibility index (Phi) is 16.4. The van der Waals surface area contributed by atoms with E-state index in [2.05, 4.69) is 124 Å². The molecule has 306 valence electrons. The van der Waals surface area contributed by atoms with Crippen LogP contribution in [0.25, 0.3) is 22.3 Å². The van der Waals surface area contributed by atoms with Crippen LogP contribution in [0.1, 0.15) is 221 Å². The average molecular weight is 771 g/mol. The smallest absolute Gasteiger partial charge is 0.0252 e. The molecule has 0 nitrogen and oxygen atoms in total. The Hall–Kier alpha value is -4.00. The van der Waals surface area contributed by atoms with Crippen molar-refractivity contribution in [2.45, 2.75) is 193 Å². The van der Waals surface area contributed by atoms with Crippen LogP contribution in [0.3, 0.4) is 0 Å². The highest BCUT2D eigenvalue weighted by atomic mass is 14.5. The quantitative estimate of drug-likeness (QED) is 0.0492. The van der Waals surface area contributed by atoms with Crippen molar-refractivity contribution in [3.05, 3.63) is 118 Å². The molecule has 2 aliphatic carbocycles. The molecule has 0 heteroatoms. The Morgan fingerprint density at radius 2 is 0.690 bits per heavy atom. The highest BCUT2D eigenvalue weighted by Crippen LogP contribution is 2.56. The molecule has 6 rings (SSSR count). The summed E-state index contributed by atoms with van der Waals surface area (Å²) in [5.41, 5.74) is 15.1. The first-order chi connectivity index (χ1) is 28.5. The Bertz CT molecular complexity index is 1990. The van der Waals surface area contributed by atoms with Gasteiger partial charge in [-0.1, -0.05) is 216 Å². The first-order valence-electron chi connectivity index (χ1n) is 24.1. The molecule has 0 spiro atoms. The van der Waals surface area contributed by atoms with Crippen LogP contribution in [-0.4, -0.2) is 0 Å². The van der Waals surface area contributed by atoms with Gasteiger partial charge < -0.3 is 0 Å². The lowest BCUT2D eigenvalue weighted by Gasteiger charge is -2.33. The summed E-state index contributed by atoms with van der Waals surface area (Å²) >= 11 is 0. The molecule has 58 heavy (non-hydrogen) atoms. The first kappa shape index (κ1) is 43.6. The zero-order chi connectivity index (χ0) is 40.6. The summed E-state index contributed by atoms with van der Waals surface area (Å²) in [5.74, 6) is 10.5. The third-order valence-corrected chi connectivity index (χ3v) is 14.0. The Morgan fingerprint density at radius 3 is 1.09 bits per heavy atom. The molecule has 0 atom stereocenters. The van der Waals surface area contributed by atoms with Crippen molar-refractivity contribution in [2.24, 2.45) is 0 Å². The molecule has 4 aromatic carbocycles. The van der Waals surface area contributed by atoms with Gasteiger partial charge in [-0.3, -0.25) is 0 Å². The van der Waals surface area contributed by atoms with Gasteiger partial charge in [0, 0.05) is 27.5 Å². The molecule has 2 aliphatic rings. The molecule has 0 saturated heterocycles. The van der Waals surface area contributed by atoms with E-state index in [0.717, 1.165) is 16.7 Å². The second kappa shape index (κ2) is 21.8. The maximum atomic E-state index is 6.06. The highest BCUT2D eigenvalue weighted by molar-refractivity contribution is 5.83. The summed E-state index contributed by atoms with van der Waals surface area (Å²) in [7, 11) is 0. The van der Waals surface area contributed by atoms with Gasteiger partial charge in [0.1, 0.15) is 0 Å². The minimum absolute atomic E-state index is 0.0130. The van der Waals surface area contributed by atoms with Crippen molar-refractivity contribution in [2.75, 3.05) is 0 Å². The Morgan fingerprint density at radius 1 is 0.362 bits per heavy atom. The highest BCUT2D eigenvalue weighted by Gasteiger charge is 2.43. The van der Waals surface area contributed by atoms with Crippen LogP contribution in [0.15, 0.2) is 78.9 Å². The van der Waals surface area contributed by atoms with Crippen molar-refractivity contribution in [3.8, 4) is 46.4 Å². The molecule has 0 radical (unpaired) electrons. The number of benzene rings is 4. The van der Waals surface area contributed by atoms with Crippen LogP contribution in [0.2, 0.25) is 0 Å². The molecule has 0 amide bonds. The molecule has 0 heterocycles. The third kappa shape index (κ3) is 9.88. The van der Waals surface area contributed by atoms with Gasteiger partial charge in [0.2, 0.25) is 0 Å². The van der Waals surface area contributed by atoms with Crippen LogP contribution < -0.4 is 0 Å². The van der Waals surface area contributed by atoms with E-state index in [1.54, 1.807) is 5.56 Å². The van der Waals surface area contributed by atoms with Crippen LogP contribution in [-0.2, 0) is 10.8 Å². The molecular weight excluding hydrogens is 697 g/mol. The third-order valence-electron chi connectivity index (χ3n) is 14.0. The van der Waals surface area contributed by atoms with E-state index in [9.17, 15) is 0 Å². The number of hydrogen-bond acceptors (Lipinski definition) is 0. The molecule has 0 unspecified atom stereocenters. The number of fused-ring (bicyclic) bond motifs is 6. The van der Waals surface area contributed by atoms with Gasteiger partial charge in [0.15, 0.2) is 0 Å². The zero-order valence-corrected chi connectivity index (χ0v) is 37.1. The van der Waals surface area contributed by atoms with Crippen LogP contribution in [0.5, 0.6) is 0 Å². The molecule has 0 fully saturated rings. The second-order valence-electron chi connectivity index (χ2n) is 18.0. The summed E-state index contributed by atoms with van der Waals surface area (Å²) in [6.07, 6.45) is 37.0. The molecule has 0 aromatic heterocycles. The average Bonchev–Trinajstić information content (AvgIpc) is 3.68. The maximum Gasteiger partial charge on any atom is 0.0252 e. The lowest BCUT2D eigenvalue weighted by molar-refractivity contribution is 0.399. The predicted octanol–water partition coefficient (Wildman–Crippen LogP) is 17.0. The van der Waals surface area contributed by atoms with Gasteiger partial charge in [-0.2, -0.15) is 0 Å². The van der Waals surface area contributed by atoms with E-state index in [-0.39, 0.29) is 10.8 Å². The molecular formula is C58H74. The minimum atomic E-state index is -0.0130. The van der Waals surface area contributed by atoms with Gasteiger partial charge >= 0.3 is 0 Å². The molecule has 0 N–H and O–H groups in total. The fourth-order valence-electron chi connectivity index (χ4n) is 10.8. The zero-order valence-electron chi connectivity index (χ0n) is 37.1. The van der Waals surface area contributed by atoms with Crippen molar-refractivity contribution < 1.29 is 0 Å².